The molecule has 1 heterocycles. The van der Waals surface area contributed by atoms with Gasteiger partial charge in [0.05, 0.1) is 11.8 Å². The largest absolute Gasteiger partial charge is 0.437 e. The van der Waals surface area contributed by atoms with Gasteiger partial charge in [0.25, 0.3) is 0 Å². The third kappa shape index (κ3) is 3.55. The number of benzene rings is 1. The van der Waals surface area contributed by atoms with Crippen LogP contribution in [0.15, 0.2) is 36.5 Å². The molecule has 1 aromatic heterocycles. The van der Waals surface area contributed by atoms with Crippen LogP contribution in [0, 0.1) is 0 Å². The standard InChI is InChI=1S/C16H19N3OS/c1-4-16(2,3)11-5-7-12(8-6-11)20-15-13(14(17)21)9-10-18-19-15/h5-10H,4H2,1-3H3,(H2,17,21). The minimum absolute atomic E-state index is 0.148. The molecule has 2 N–H and O–H groups in total. The van der Waals surface area contributed by atoms with Crippen molar-refractivity contribution in [2.45, 2.75) is 32.6 Å². The van der Waals surface area contributed by atoms with Crippen LogP contribution in [0.25, 0.3) is 0 Å². The lowest BCUT2D eigenvalue weighted by molar-refractivity contribution is 0.452. The summed E-state index contributed by atoms with van der Waals surface area (Å²) in [7, 11) is 0. The van der Waals surface area contributed by atoms with Crippen LogP contribution in [0.5, 0.6) is 11.6 Å². The molecule has 0 aliphatic carbocycles. The molecule has 0 atom stereocenters. The maximum Gasteiger partial charge on any atom is 0.249 e. The van der Waals surface area contributed by atoms with Gasteiger partial charge in [-0.05, 0) is 35.6 Å². The number of rotatable bonds is 5. The first-order valence-electron chi connectivity index (χ1n) is 6.84. The van der Waals surface area contributed by atoms with Crippen molar-refractivity contribution in [2.75, 3.05) is 0 Å². The van der Waals surface area contributed by atoms with Gasteiger partial charge < -0.3 is 10.5 Å². The Morgan fingerprint density at radius 2 is 1.90 bits per heavy atom. The van der Waals surface area contributed by atoms with Gasteiger partial charge in [0.1, 0.15) is 10.7 Å². The summed E-state index contributed by atoms with van der Waals surface area (Å²) >= 11 is 4.98. The van der Waals surface area contributed by atoms with E-state index in [1.807, 2.05) is 12.1 Å². The molecule has 0 radical (unpaired) electrons. The molecule has 0 spiro atoms. The quantitative estimate of drug-likeness (QED) is 0.855. The van der Waals surface area contributed by atoms with Gasteiger partial charge in [-0.1, -0.05) is 45.1 Å². The molecule has 0 unspecified atom stereocenters. The molecule has 0 aliphatic heterocycles. The molecule has 5 heteroatoms. The van der Waals surface area contributed by atoms with E-state index < -0.39 is 0 Å². The highest BCUT2D eigenvalue weighted by atomic mass is 32.1. The van der Waals surface area contributed by atoms with Crippen molar-refractivity contribution in [3.8, 4) is 11.6 Å². The van der Waals surface area contributed by atoms with Crippen LogP contribution in [0.2, 0.25) is 0 Å². The van der Waals surface area contributed by atoms with Crippen LogP contribution in [0.3, 0.4) is 0 Å². The molecule has 2 aromatic rings. The Bertz CT molecular complexity index is 638. The second-order valence-electron chi connectivity index (χ2n) is 5.48. The molecule has 21 heavy (non-hydrogen) atoms. The van der Waals surface area contributed by atoms with E-state index in [0.29, 0.717) is 17.2 Å². The minimum Gasteiger partial charge on any atom is -0.437 e. The fourth-order valence-corrected chi connectivity index (χ4v) is 2.03. The summed E-state index contributed by atoms with van der Waals surface area (Å²) in [5.41, 5.74) is 7.65. The van der Waals surface area contributed by atoms with Crippen LogP contribution >= 0.6 is 12.2 Å². The van der Waals surface area contributed by atoms with Crippen molar-refractivity contribution in [2.24, 2.45) is 5.73 Å². The first-order chi connectivity index (χ1) is 9.94. The smallest absolute Gasteiger partial charge is 0.249 e. The topological polar surface area (TPSA) is 61.0 Å². The van der Waals surface area contributed by atoms with Crippen LogP contribution in [-0.4, -0.2) is 15.2 Å². The lowest BCUT2D eigenvalue weighted by atomic mass is 9.82. The summed E-state index contributed by atoms with van der Waals surface area (Å²) in [4.78, 5) is 0.239. The van der Waals surface area contributed by atoms with Gasteiger partial charge in [-0.2, -0.15) is 5.10 Å². The predicted molar refractivity (Wildman–Crippen MR) is 87.8 cm³/mol. The van der Waals surface area contributed by atoms with E-state index in [-0.39, 0.29) is 10.4 Å². The van der Waals surface area contributed by atoms with Gasteiger partial charge in [0.2, 0.25) is 5.88 Å². The third-order valence-electron chi connectivity index (χ3n) is 3.69. The maximum atomic E-state index is 5.73. The molecule has 1 aromatic carbocycles. The summed E-state index contributed by atoms with van der Waals surface area (Å²) in [6.07, 6.45) is 2.61. The summed E-state index contributed by atoms with van der Waals surface area (Å²) < 4.78 is 5.73. The van der Waals surface area contributed by atoms with Crippen LogP contribution in [-0.2, 0) is 5.41 Å². The highest BCUT2D eigenvalue weighted by Gasteiger charge is 2.18. The number of thiocarbonyl (C=S) groups is 1. The molecule has 0 saturated heterocycles. The number of hydrogen-bond donors (Lipinski definition) is 1. The monoisotopic (exact) mass is 301 g/mol. The third-order valence-corrected chi connectivity index (χ3v) is 3.91. The average molecular weight is 301 g/mol. The summed E-state index contributed by atoms with van der Waals surface area (Å²) in [6, 6.07) is 9.67. The first kappa shape index (κ1) is 15.4. The number of ether oxygens (including phenoxy) is 1. The summed E-state index contributed by atoms with van der Waals surface area (Å²) in [5, 5.41) is 7.75. The zero-order valence-corrected chi connectivity index (χ0v) is 13.3. The van der Waals surface area contributed by atoms with Gasteiger partial charge in [-0.25, -0.2) is 0 Å². The van der Waals surface area contributed by atoms with E-state index in [2.05, 4.69) is 43.1 Å². The molecule has 0 aliphatic rings. The Morgan fingerprint density at radius 3 is 2.48 bits per heavy atom. The zero-order chi connectivity index (χ0) is 15.5. The Kier molecular flexibility index (Phi) is 4.53. The van der Waals surface area contributed by atoms with Crippen LogP contribution < -0.4 is 10.5 Å². The lowest BCUT2D eigenvalue weighted by Crippen LogP contribution is -2.15. The van der Waals surface area contributed by atoms with E-state index in [9.17, 15) is 0 Å². The van der Waals surface area contributed by atoms with Crippen molar-refractivity contribution in [1.82, 2.24) is 10.2 Å². The Morgan fingerprint density at radius 1 is 1.24 bits per heavy atom. The molecular formula is C16H19N3OS. The molecule has 4 nitrogen and oxygen atoms in total. The van der Waals surface area contributed by atoms with Gasteiger partial charge >= 0.3 is 0 Å². The molecule has 0 bridgehead atoms. The van der Waals surface area contributed by atoms with E-state index in [1.54, 1.807) is 6.07 Å². The average Bonchev–Trinajstić information content (AvgIpc) is 2.48. The predicted octanol–water partition coefficient (Wildman–Crippen LogP) is 3.59. The van der Waals surface area contributed by atoms with Crippen molar-refractivity contribution in [3.05, 3.63) is 47.7 Å². The molecule has 110 valence electrons. The Balaban J connectivity index is 2.24. The second kappa shape index (κ2) is 6.18. The fraction of sp³-hybridized carbons (Fsp3) is 0.312. The van der Waals surface area contributed by atoms with Gasteiger partial charge in [-0.3, -0.25) is 0 Å². The van der Waals surface area contributed by atoms with E-state index in [0.717, 1.165) is 6.42 Å². The van der Waals surface area contributed by atoms with Gasteiger partial charge in [-0.15, -0.1) is 5.10 Å². The van der Waals surface area contributed by atoms with E-state index in [4.69, 9.17) is 22.7 Å². The first-order valence-corrected chi connectivity index (χ1v) is 7.25. The Hall–Kier alpha value is -2.01. The second-order valence-corrected chi connectivity index (χ2v) is 5.92. The Labute approximate surface area is 130 Å². The maximum absolute atomic E-state index is 5.73. The van der Waals surface area contributed by atoms with Gasteiger partial charge in [0.15, 0.2) is 0 Å². The zero-order valence-electron chi connectivity index (χ0n) is 12.5. The molecule has 0 fully saturated rings. The van der Waals surface area contributed by atoms with Crippen molar-refractivity contribution < 1.29 is 4.74 Å². The normalized spacial score (nSPS) is 11.2. The molecule has 0 saturated carbocycles. The highest BCUT2D eigenvalue weighted by molar-refractivity contribution is 7.80. The van der Waals surface area contributed by atoms with Gasteiger partial charge in [0, 0.05) is 0 Å². The fourth-order valence-electron chi connectivity index (χ4n) is 1.87. The van der Waals surface area contributed by atoms with E-state index in [1.165, 1.54) is 11.8 Å². The van der Waals surface area contributed by atoms with E-state index >= 15 is 0 Å². The number of nitrogens with two attached hydrogens (primary N) is 1. The number of aromatic nitrogens is 2. The van der Waals surface area contributed by atoms with Crippen molar-refractivity contribution in [3.63, 3.8) is 0 Å². The van der Waals surface area contributed by atoms with Crippen molar-refractivity contribution in [1.29, 1.82) is 0 Å². The van der Waals surface area contributed by atoms with Crippen LogP contribution in [0.4, 0.5) is 0 Å². The summed E-state index contributed by atoms with van der Waals surface area (Å²) in [5.74, 6) is 1.01. The number of nitrogens with zero attached hydrogens (tertiary/aromatic N) is 2. The SMILES string of the molecule is CCC(C)(C)c1ccc(Oc2nnccc2C(N)=S)cc1. The van der Waals surface area contributed by atoms with Crippen molar-refractivity contribution >= 4 is 17.2 Å². The van der Waals surface area contributed by atoms with Crippen LogP contribution in [0.1, 0.15) is 38.3 Å². The molecule has 2 rings (SSSR count). The molecule has 0 amide bonds. The lowest BCUT2D eigenvalue weighted by Gasteiger charge is -2.23. The summed E-state index contributed by atoms with van der Waals surface area (Å²) in [6.45, 7) is 6.62. The molecular weight excluding hydrogens is 282 g/mol. The highest BCUT2D eigenvalue weighted by Crippen LogP contribution is 2.29. The minimum atomic E-state index is 0.148. The number of hydrogen-bond acceptors (Lipinski definition) is 4.